The molecule has 0 spiro atoms. The standard InChI is InChI=1S/C25H22FN3O3/c1-27(2)18-12-8-16(9-13-18)22-21-23(32-29(22)20-6-4-3-5-7-20)25(31)28(24(21)30)19-14-10-17(26)11-15-19/h3-15,21-23H,1-2H3/t21-,22-,23+/m0/s1. The van der Waals surface area contributed by atoms with Crippen molar-refractivity contribution in [2.75, 3.05) is 29.0 Å². The van der Waals surface area contributed by atoms with Crippen LogP contribution in [-0.4, -0.2) is 32.0 Å². The molecule has 0 aromatic heterocycles. The van der Waals surface area contributed by atoms with E-state index in [0.717, 1.165) is 21.8 Å². The highest BCUT2D eigenvalue weighted by Crippen LogP contribution is 2.47. The van der Waals surface area contributed by atoms with Crippen LogP contribution in [0.25, 0.3) is 0 Å². The number of para-hydroxylation sites is 1. The minimum Gasteiger partial charge on any atom is -0.378 e. The first-order valence-corrected chi connectivity index (χ1v) is 10.4. The van der Waals surface area contributed by atoms with Gasteiger partial charge >= 0.3 is 0 Å². The molecule has 7 heteroatoms. The molecule has 3 atom stereocenters. The van der Waals surface area contributed by atoms with Gasteiger partial charge in [0.05, 0.1) is 17.4 Å². The van der Waals surface area contributed by atoms with Gasteiger partial charge in [-0.1, -0.05) is 30.3 Å². The van der Waals surface area contributed by atoms with Crippen molar-refractivity contribution in [3.05, 3.63) is 90.2 Å². The summed E-state index contributed by atoms with van der Waals surface area (Å²) in [7, 11) is 3.92. The van der Waals surface area contributed by atoms with Crippen LogP contribution in [0, 0.1) is 11.7 Å². The second-order valence-corrected chi connectivity index (χ2v) is 8.13. The van der Waals surface area contributed by atoms with E-state index < -0.39 is 29.8 Å². The van der Waals surface area contributed by atoms with Crippen molar-refractivity contribution in [1.82, 2.24) is 0 Å². The van der Waals surface area contributed by atoms with Crippen molar-refractivity contribution in [2.45, 2.75) is 12.1 Å². The Morgan fingerprint density at radius 1 is 0.812 bits per heavy atom. The van der Waals surface area contributed by atoms with E-state index in [1.807, 2.05) is 73.6 Å². The Labute approximate surface area is 185 Å². The lowest BCUT2D eigenvalue weighted by atomic mass is 9.90. The minimum atomic E-state index is -0.953. The van der Waals surface area contributed by atoms with E-state index in [2.05, 4.69) is 0 Å². The molecular formula is C25H22FN3O3. The maximum Gasteiger partial charge on any atom is 0.266 e. The summed E-state index contributed by atoms with van der Waals surface area (Å²) in [5.74, 6) is -1.96. The van der Waals surface area contributed by atoms with Crippen molar-refractivity contribution in [3.8, 4) is 0 Å². The summed E-state index contributed by atoms with van der Waals surface area (Å²) in [5, 5.41) is 1.66. The minimum absolute atomic E-state index is 0.340. The van der Waals surface area contributed by atoms with E-state index in [1.165, 1.54) is 24.3 Å². The largest absolute Gasteiger partial charge is 0.378 e. The zero-order valence-corrected chi connectivity index (χ0v) is 17.7. The summed E-state index contributed by atoms with van der Waals surface area (Å²) in [4.78, 5) is 36.0. The van der Waals surface area contributed by atoms with Gasteiger partial charge in [0.15, 0.2) is 6.10 Å². The number of benzene rings is 3. The van der Waals surface area contributed by atoms with Crippen LogP contribution < -0.4 is 14.9 Å². The molecule has 2 heterocycles. The third-order valence-corrected chi connectivity index (χ3v) is 5.96. The van der Waals surface area contributed by atoms with Crippen LogP contribution in [0.2, 0.25) is 0 Å². The molecule has 0 unspecified atom stereocenters. The molecule has 0 N–H and O–H groups in total. The number of carbonyl (C=O) groups excluding carboxylic acids is 2. The number of fused-ring (bicyclic) bond motifs is 1. The van der Waals surface area contributed by atoms with Crippen LogP contribution >= 0.6 is 0 Å². The van der Waals surface area contributed by atoms with E-state index >= 15 is 0 Å². The number of nitrogens with zero attached hydrogens (tertiary/aromatic N) is 3. The highest BCUT2D eigenvalue weighted by Gasteiger charge is 2.60. The number of hydroxylamine groups is 1. The predicted molar refractivity (Wildman–Crippen MR) is 120 cm³/mol. The third-order valence-electron chi connectivity index (χ3n) is 5.96. The number of halogens is 1. The molecule has 5 rings (SSSR count). The summed E-state index contributed by atoms with van der Waals surface area (Å²) in [6, 6.07) is 22.1. The first kappa shape index (κ1) is 20.2. The Morgan fingerprint density at radius 3 is 2.09 bits per heavy atom. The SMILES string of the molecule is CN(C)c1ccc([C@H]2[C@@H]3C(=O)N(c4ccc(F)cc4)C(=O)[C@@H]3ON2c2ccccc2)cc1. The average molecular weight is 431 g/mol. The summed E-state index contributed by atoms with van der Waals surface area (Å²) in [6.45, 7) is 0. The second kappa shape index (κ2) is 7.76. The van der Waals surface area contributed by atoms with E-state index in [4.69, 9.17) is 4.84 Å². The molecule has 2 aliphatic rings. The fraction of sp³-hybridized carbons (Fsp3) is 0.200. The van der Waals surface area contributed by atoms with Gasteiger partial charge in [-0.25, -0.2) is 14.4 Å². The maximum absolute atomic E-state index is 13.5. The molecule has 6 nitrogen and oxygen atoms in total. The van der Waals surface area contributed by atoms with Crippen LogP contribution in [0.15, 0.2) is 78.9 Å². The molecular weight excluding hydrogens is 409 g/mol. The number of amides is 2. The molecule has 2 saturated heterocycles. The number of anilines is 3. The van der Waals surface area contributed by atoms with Crippen molar-refractivity contribution in [1.29, 1.82) is 0 Å². The number of hydrogen-bond donors (Lipinski definition) is 0. The van der Waals surface area contributed by atoms with Crippen LogP contribution in [0.5, 0.6) is 0 Å². The van der Waals surface area contributed by atoms with Gasteiger partial charge in [0.1, 0.15) is 11.7 Å². The molecule has 3 aromatic rings. The smallest absolute Gasteiger partial charge is 0.266 e. The normalized spacial score (nSPS) is 22.4. The summed E-state index contributed by atoms with van der Waals surface area (Å²) in [5.41, 5.74) is 3.00. The Balaban J connectivity index is 1.56. The number of hydrogen-bond acceptors (Lipinski definition) is 5. The Hall–Kier alpha value is -3.71. The summed E-state index contributed by atoms with van der Waals surface area (Å²) >= 11 is 0. The van der Waals surface area contributed by atoms with Crippen LogP contribution in [0.1, 0.15) is 11.6 Å². The van der Waals surface area contributed by atoms with E-state index in [1.54, 1.807) is 5.06 Å². The van der Waals surface area contributed by atoms with Gasteiger partial charge in [-0.05, 0) is 54.1 Å². The van der Waals surface area contributed by atoms with Gasteiger partial charge in [-0.3, -0.25) is 14.4 Å². The highest BCUT2D eigenvalue weighted by molar-refractivity contribution is 6.23. The van der Waals surface area contributed by atoms with Gasteiger partial charge in [0.25, 0.3) is 5.91 Å². The number of imide groups is 1. The fourth-order valence-electron chi connectivity index (χ4n) is 4.37. The van der Waals surface area contributed by atoms with E-state index in [-0.39, 0.29) is 5.91 Å². The molecule has 162 valence electrons. The average Bonchev–Trinajstić information content (AvgIpc) is 3.31. The first-order valence-electron chi connectivity index (χ1n) is 10.4. The van der Waals surface area contributed by atoms with Crippen LogP contribution in [0.4, 0.5) is 21.5 Å². The summed E-state index contributed by atoms with van der Waals surface area (Å²) < 4.78 is 13.4. The third kappa shape index (κ3) is 3.22. The highest BCUT2D eigenvalue weighted by atomic mass is 19.1. The molecule has 3 aromatic carbocycles. The molecule has 0 bridgehead atoms. The van der Waals surface area contributed by atoms with Gasteiger partial charge in [0.2, 0.25) is 5.91 Å². The topological polar surface area (TPSA) is 53.1 Å². The first-order chi connectivity index (χ1) is 15.5. The lowest BCUT2D eigenvalue weighted by molar-refractivity contribution is -0.126. The maximum atomic E-state index is 13.5. The van der Waals surface area contributed by atoms with E-state index in [0.29, 0.717) is 5.69 Å². The predicted octanol–water partition coefficient (Wildman–Crippen LogP) is 3.94. The molecule has 32 heavy (non-hydrogen) atoms. The van der Waals surface area contributed by atoms with Gasteiger partial charge < -0.3 is 4.90 Å². The van der Waals surface area contributed by atoms with Gasteiger partial charge in [-0.2, -0.15) is 0 Å². The van der Waals surface area contributed by atoms with Crippen LogP contribution in [0.3, 0.4) is 0 Å². The fourth-order valence-corrected chi connectivity index (χ4v) is 4.37. The quantitative estimate of drug-likeness (QED) is 0.586. The Morgan fingerprint density at radius 2 is 1.47 bits per heavy atom. The van der Waals surface area contributed by atoms with Crippen LogP contribution in [-0.2, 0) is 14.4 Å². The van der Waals surface area contributed by atoms with E-state index in [9.17, 15) is 14.0 Å². The molecule has 2 amide bonds. The zero-order valence-electron chi connectivity index (χ0n) is 17.7. The molecule has 0 aliphatic carbocycles. The second-order valence-electron chi connectivity index (χ2n) is 8.13. The van der Waals surface area contributed by atoms with Crippen molar-refractivity contribution >= 4 is 28.9 Å². The Bertz CT molecular complexity index is 1150. The Kier molecular flexibility index (Phi) is 4.90. The number of rotatable bonds is 4. The molecule has 0 saturated carbocycles. The van der Waals surface area contributed by atoms with Gasteiger partial charge in [0, 0.05) is 19.8 Å². The molecule has 2 fully saturated rings. The zero-order chi connectivity index (χ0) is 22.4. The lowest BCUT2D eigenvalue weighted by Crippen LogP contribution is -2.37. The van der Waals surface area contributed by atoms with Crippen molar-refractivity contribution < 1.29 is 18.8 Å². The monoisotopic (exact) mass is 431 g/mol. The number of carbonyl (C=O) groups is 2. The molecule has 2 aliphatic heterocycles. The lowest BCUT2D eigenvalue weighted by Gasteiger charge is -2.29. The van der Waals surface area contributed by atoms with Gasteiger partial charge in [-0.15, -0.1) is 0 Å². The summed E-state index contributed by atoms with van der Waals surface area (Å²) in [6.07, 6.45) is -0.953. The van der Waals surface area contributed by atoms with Crippen molar-refractivity contribution in [2.24, 2.45) is 5.92 Å². The molecule has 0 radical (unpaired) electrons. The van der Waals surface area contributed by atoms with Crippen molar-refractivity contribution in [3.63, 3.8) is 0 Å².